The monoisotopic (exact) mass is 261 g/mol. The molecule has 0 radical (unpaired) electrons. The van der Waals surface area contributed by atoms with Gasteiger partial charge in [0.05, 0.1) is 0 Å². The normalized spacial score (nSPS) is 10.7. The van der Waals surface area contributed by atoms with Crippen molar-refractivity contribution in [2.24, 2.45) is 0 Å². The zero-order valence-electron chi connectivity index (χ0n) is 10.9. The van der Waals surface area contributed by atoms with Crippen LogP contribution in [0.25, 0.3) is 0 Å². The molecule has 2 rings (SSSR count). The Morgan fingerprint density at radius 3 is 2.32 bits per heavy atom. The SMILES string of the molecule is Cc1cc(F)ccc1CNCCc1ccc(F)cc1. The molecule has 0 heterocycles. The highest BCUT2D eigenvalue weighted by molar-refractivity contribution is 5.26. The number of hydrogen-bond acceptors (Lipinski definition) is 1. The van der Waals surface area contributed by atoms with Crippen molar-refractivity contribution in [1.82, 2.24) is 5.32 Å². The molecule has 0 spiro atoms. The second kappa shape index (κ2) is 6.43. The average molecular weight is 261 g/mol. The Labute approximate surface area is 112 Å². The maximum Gasteiger partial charge on any atom is 0.123 e. The molecule has 0 aromatic heterocycles. The van der Waals surface area contributed by atoms with Gasteiger partial charge in [-0.3, -0.25) is 0 Å². The van der Waals surface area contributed by atoms with Crippen molar-refractivity contribution < 1.29 is 8.78 Å². The van der Waals surface area contributed by atoms with Crippen molar-refractivity contribution in [3.05, 3.63) is 70.8 Å². The topological polar surface area (TPSA) is 12.0 Å². The smallest absolute Gasteiger partial charge is 0.123 e. The van der Waals surface area contributed by atoms with Crippen LogP contribution in [-0.4, -0.2) is 6.54 Å². The summed E-state index contributed by atoms with van der Waals surface area (Å²) >= 11 is 0. The third-order valence-corrected chi connectivity index (χ3v) is 3.12. The fraction of sp³-hybridized carbons (Fsp3) is 0.250. The fourth-order valence-electron chi connectivity index (χ4n) is 1.96. The van der Waals surface area contributed by atoms with Crippen molar-refractivity contribution in [2.45, 2.75) is 19.9 Å². The molecule has 0 saturated carbocycles. The van der Waals surface area contributed by atoms with E-state index < -0.39 is 0 Å². The number of hydrogen-bond donors (Lipinski definition) is 1. The summed E-state index contributed by atoms with van der Waals surface area (Å²) in [6.45, 7) is 3.43. The van der Waals surface area contributed by atoms with Crippen LogP contribution in [0.1, 0.15) is 16.7 Å². The Balaban J connectivity index is 1.79. The first-order valence-corrected chi connectivity index (χ1v) is 6.35. The van der Waals surface area contributed by atoms with E-state index in [4.69, 9.17) is 0 Å². The van der Waals surface area contributed by atoms with E-state index in [2.05, 4.69) is 5.32 Å². The summed E-state index contributed by atoms with van der Waals surface area (Å²) in [6.07, 6.45) is 0.848. The van der Waals surface area contributed by atoms with Crippen LogP contribution in [-0.2, 0) is 13.0 Å². The van der Waals surface area contributed by atoms with Gasteiger partial charge < -0.3 is 5.32 Å². The molecule has 0 fully saturated rings. The van der Waals surface area contributed by atoms with E-state index in [0.29, 0.717) is 6.54 Å². The van der Waals surface area contributed by atoms with Crippen LogP contribution < -0.4 is 5.32 Å². The molecule has 2 aromatic rings. The van der Waals surface area contributed by atoms with Crippen LogP contribution >= 0.6 is 0 Å². The highest BCUT2D eigenvalue weighted by Crippen LogP contribution is 2.09. The molecule has 0 amide bonds. The Hall–Kier alpha value is -1.74. The molecule has 2 aromatic carbocycles. The van der Waals surface area contributed by atoms with Crippen LogP contribution in [0.2, 0.25) is 0 Å². The van der Waals surface area contributed by atoms with E-state index in [9.17, 15) is 8.78 Å². The Bertz CT molecular complexity index is 535. The minimum absolute atomic E-state index is 0.201. The van der Waals surface area contributed by atoms with Crippen molar-refractivity contribution >= 4 is 0 Å². The maximum atomic E-state index is 12.9. The Morgan fingerprint density at radius 2 is 1.63 bits per heavy atom. The first kappa shape index (κ1) is 13.7. The summed E-state index contributed by atoms with van der Waals surface area (Å²) in [5, 5.41) is 3.31. The fourth-order valence-corrected chi connectivity index (χ4v) is 1.96. The van der Waals surface area contributed by atoms with E-state index in [0.717, 1.165) is 29.7 Å². The molecule has 0 aliphatic carbocycles. The van der Waals surface area contributed by atoms with E-state index in [-0.39, 0.29) is 11.6 Å². The van der Waals surface area contributed by atoms with Gasteiger partial charge in [-0.15, -0.1) is 0 Å². The molecule has 0 atom stereocenters. The lowest BCUT2D eigenvalue weighted by Crippen LogP contribution is -2.17. The lowest BCUT2D eigenvalue weighted by atomic mass is 10.1. The number of benzene rings is 2. The summed E-state index contributed by atoms with van der Waals surface area (Å²) in [4.78, 5) is 0. The molecule has 19 heavy (non-hydrogen) atoms. The molecule has 3 heteroatoms. The van der Waals surface area contributed by atoms with Crippen molar-refractivity contribution in [2.75, 3.05) is 6.54 Å². The van der Waals surface area contributed by atoms with Gasteiger partial charge in [-0.05, 0) is 60.8 Å². The molecule has 100 valence electrons. The first-order chi connectivity index (χ1) is 9.15. The highest BCUT2D eigenvalue weighted by atomic mass is 19.1. The van der Waals surface area contributed by atoms with Gasteiger partial charge in [0.25, 0.3) is 0 Å². The standard InChI is InChI=1S/C16H17F2N/c1-12-10-16(18)7-4-14(12)11-19-9-8-13-2-5-15(17)6-3-13/h2-7,10,19H,8-9,11H2,1H3. The molecular formula is C16H17F2N. The van der Waals surface area contributed by atoms with E-state index in [1.165, 1.54) is 24.3 Å². The number of rotatable bonds is 5. The predicted molar refractivity (Wildman–Crippen MR) is 72.9 cm³/mol. The van der Waals surface area contributed by atoms with Crippen molar-refractivity contribution in [1.29, 1.82) is 0 Å². The third kappa shape index (κ3) is 4.14. The summed E-state index contributed by atoms with van der Waals surface area (Å²) in [5.41, 5.74) is 3.15. The van der Waals surface area contributed by atoms with Gasteiger partial charge in [-0.25, -0.2) is 8.78 Å². The summed E-state index contributed by atoms with van der Waals surface area (Å²) in [6, 6.07) is 11.3. The molecular weight excluding hydrogens is 244 g/mol. The predicted octanol–water partition coefficient (Wildman–Crippen LogP) is 3.61. The number of nitrogens with one attached hydrogen (secondary N) is 1. The zero-order chi connectivity index (χ0) is 13.7. The number of halogens is 2. The Kier molecular flexibility index (Phi) is 4.63. The number of aryl methyl sites for hydroxylation is 1. The van der Waals surface area contributed by atoms with Gasteiger partial charge in [-0.2, -0.15) is 0 Å². The van der Waals surface area contributed by atoms with Crippen LogP contribution in [0.5, 0.6) is 0 Å². The summed E-state index contributed by atoms with van der Waals surface area (Å²) in [5.74, 6) is -0.411. The van der Waals surface area contributed by atoms with Crippen LogP contribution in [0.4, 0.5) is 8.78 Å². The van der Waals surface area contributed by atoms with Crippen molar-refractivity contribution in [3.8, 4) is 0 Å². The van der Waals surface area contributed by atoms with Gasteiger partial charge in [0.2, 0.25) is 0 Å². The van der Waals surface area contributed by atoms with Gasteiger partial charge in [0.1, 0.15) is 11.6 Å². The minimum atomic E-state index is -0.210. The zero-order valence-corrected chi connectivity index (χ0v) is 10.9. The maximum absolute atomic E-state index is 12.9. The van der Waals surface area contributed by atoms with E-state index >= 15 is 0 Å². The molecule has 0 bridgehead atoms. The molecule has 0 aliphatic heterocycles. The van der Waals surface area contributed by atoms with Crippen LogP contribution in [0.3, 0.4) is 0 Å². The van der Waals surface area contributed by atoms with Crippen LogP contribution in [0.15, 0.2) is 42.5 Å². The molecule has 1 N–H and O–H groups in total. The molecule has 0 aliphatic rings. The third-order valence-electron chi connectivity index (χ3n) is 3.12. The molecule has 1 nitrogen and oxygen atoms in total. The lowest BCUT2D eigenvalue weighted by molar-refractivity contribution is 0.621. The lowest BCUT2D eigenvalue weighted by Gasteiger charge is -2.08. The minimum Gasteiger partial charge on any atom is -0.312 e. The van der Waals surface area contributed by atoms with E-state index in [1.54, 1.807) is 18.2 Å². The second-order valence-electron chi connectivity index (χ2n) is 4.62. The van der Waals surface area contributed by atoms with Gasteiger partial charge >= 0.3 is 0 Å². The Morgan fingerprint density at radius 1 is 0.947 bits per heavy atom. The molecule has 0 unspecified atom stereocenters. The van der Waals surface area contributed by atoms with Gasteiger partial charge in [0, 0.05) is 6.54 Å². The van der Waals surface area contributed by atoms with E-state index in [1.807, 2.05) is 6.92 Å². The summed E-state index contributed by atoms with van der Waals surface area (Å²) in [7, 11) is 0. The van der Waals surface area contributed by atoms with Crippen LogP contribution in [0, 0.1) is 18.6 Å². The highest BCUT2D eigenvalue weighted by Gasteiger charge is 2.00. The van der Waals surface area contributed by atoms with Gasteiger partial charge in [0.15, 0.2) is 0 Å². The summed E-state index contributed by atoms with van der Waals surface area (Å²) < 4.78 is 25.7. The quantitative estimate of drug-likeness (QED) is 0.811. The molecule has 0 saturated heterocycles. The first-order valence-electron chi connectivity index (χ1n) is 6.35. The second-order valence-corrected chi connectivity index (χ2v) is 4.62. The largest absolute Gasteiger partial charge is 0.312 e. The van der Waals surface area contributed by atoms with Crippen molar-refractivity contribution in [3.63, 3.8) is 0 Å². The van der Waals surface area contributed by atoms with Gasteiger partial charge in [-0.1, -0.05) is 18.2 Å². The average Bonchev–Trinajstić information content (AvgIpc) is 2.39.